The highest BCUT2D eigenvalue weighted by Crippen LogP contribution is 2.29. The Bertz CT molecular complexity index is 164. The van der Waals surface area contributed by atoms with Crippen LogP contribution in [0, 0.1) is 0 Å². The lowest BCUT2D eigenvalue weighted by molar-refractivity contribution is 0.471. The molecule has 0 spiro atoms. The van der Waals surface area contributed by atoms with Crippen LogP contribution in [0.15, 0.2) is 12.2 Å². The Hall–Kier alpha value is 0.0100. The summed E-state index contributed by atoms with van der Waals surface area (Å²) in [7, 11) is 0. The summed E-state index contributed by atoms with van der Waals surface area (Å²) in [6.45, 7) is 6.00. The van der Waals surface area contributed by atoms with Crippen LogP contribution in [0.1, 0.15) is 32.6 Å². The minimum atomic E-state index is 0.419. The Morgan fingerprint density at radius 1 is 1.69 bits per heavy atom. The number of nitrogens with two attached hydrogens (primary N) is 1. The van der Waals surface area contributed by atoms with Crippen LogP contribution in [0.3, 0.4) is 0 Å². The Kier molecular flexibility index (Phi) is 4.84. The molecule has 1 heterocycles. The average Bonchev–Trinajstić information content (AvgIpc) is 2.15. The van der Waals surface area contributed by atoms with Crippen molar-refractivity contribution in [3.05, 3.63) is 12.2 Å². The van der Waals surface area contributed by atoms with Crippen LogP contribution >= 0.6 is 11.8 Å². The van der Waals surface area contributed by atoms with Crippen molar-refractivity contribution in [2.75, 3.05) is 5.75 Å². The lowest BCUT2D eigenvalue weighted by Gasteiger charge is -2.29. The van der Waals surface area contributed by atoms with Crippen LogP contribution in [-0.2, 0) is 0 Å². The van der Waals surface area contributed by atoms with E-state index in [0.717, 1.165) is 6.42 Å². The zero-order chi connectivity index (χ0) is 9.68. The predicted octanol–water partition coefficient (Wildman–Crippen LogP) is 2.07. The summed E-state index contributed by atoms with van der Waals surface area (Å²) in [6.07, 6.45) is 5.03. The first-order valence-electron chi connectivity index (χ1n) is 4.96. The van der Waals surface area contributed by atoms with Gasteiger partial charge in [-0.05, 0) is 31.9 Å². The van der Waals surface area contributed by atoms with Crippen molar-refractivity contribution >= 4 is 11.8 Å². The molecular weight excluding hydrogens is 180 g/mol. The van der Waals surface area contributed by atoms with Gasteiger partial charge in [-0.15, -0.1) is 6.58 Å². The van der Waals surface area contributed by atoms with Crippen LogP contribution in [0.2, 0.25) is 0 Å². The number of thioether (sulfide) groups is 1. The van der Waals surface area contributed by atoms with E-state index in [4.69, 9.17) is 5.84 Å². The molecule has 0 aromatic heterocycles. The summed E-state index contributed by atoms with van der Waals surface area (Å²) in [6, 6.07) is 0.419. The molecule has 3 heteroatoms. The van der Waals surface area contributed by atoms with Gasteiger partial charge in [-0.3, -0.25) is 11.3 Å². The normalized spacial score (nSPS) is 25.5. The zero-order valence-corrected chi connectivity index (χ0v) is 9.20. The van der Waals surface area contributed by atoms with Crippen molar-refractivity contribution in [1.29, 1.82) is 0 Å². The minimum Gasteiger partial charge on any atom is -0.271 e. The number of hydrogen-bond acceptors (Lipinski definition) is 3. The standard InChI is InChI=1S/C10H20N2S/c1-8(2)7-9(12-11)10-5-3-4-6-13-10/h9-10,12H,1,3-7,11H2,2H3. The van der Waals surface area contributed by atoms with Crippen molar-refractivity contribution in [2.24, 2.45) is 5.84 Å². The number of hydrazine groups is 1. The maximum Gasteiger partial charge on any atom is 0.0366 e. The largest absolute Gasteiger partial charge is 0.271 e. The molecule has 1 aliphatic heterocycles. The average molecular weight is 200 g/mol. The molecule has 0 saturated carbocycles. The Morgan fingerprint density at radius 2 is 2.46 bits per heavy atom. The first-order chi connectivity index (χ1) is 6.24. The van der Waals surface area contributed by atoms with Crippen LogP contribution in [0.5, 0.6) is 0 Å². The van der Waals surface area contributed by atoms with Gasteiger partial charge in [0.25, 0.3) is 0 Å². The Balaban J connectivity index is 2.39. The van der Waals surface area contributed by atoms with E-state index in [2.05, 4.69) is 30.7 Å². The fraction of sp³-hybridized carbons (Fsp3) is 0.800. The maximum atomic E-state index is 5.55. The number of hydrogen-bond donors (Lipinski definition) is 2. The molecule has 1 fully saturated rings. The van der Waals surface area contributed by atoms with E-state index in [1.807, 2.05) is 0 Å². The maximum absolute atomic E-state index is 5.55. The third kappa shape index (κ3) is 3.71. The fourth-order valence-electron chi connectivity index (χ4n) is 1.76. The lowest BCUT2D eigenvalue weighted by Crippen LogP contribution is -2.43. The van der Waals surface area contributed by atoms with Gasteiger partial charge in [0.15, 0.2) is 0 Å². The quantitative estimate of drug-likeness (QED) is 0.414. The molecule has 0 aliphatic carbocycles. The van der Waals surface area contributed by atoms with Crippen molar-refractivity contribution in [2.45, 2.75) is 43.9 Å². The van der Waals surface area contributed by atoms with Gasteiger partial charge in [-0.25, -0.2) is 0 Å². The van der Waals surface area contributed by atoms with Gasteiger partial charge in [0, 0.05) is 11.3 Å². The van der Waals surface area contributed by atoms with Crippen LogP contribution in [0.25, 0.3) is 0 Å². The summed E-state index contributed by atoms with van der Waals surface area (Å²) >= 11 is 2.05. The molecule has 0 aromatic rings. The van der Waals surface area contributed by atoms with Gasteiger partial charge in [0.2, 0.25) is 0 Å². The highest BCUT2D eigenvalue weighted by Gasteiger charge is 2.22. The highest BCUT2D eigenvalue weighted by atomic mass is 32.2. The molecule has 13 heavy (non-hydrogen) atoms. The smallest absolute Gasteiger partial charge is 0.0366 e. The molecule has 2 atom stereocenters. The molecule has 1 rings (SSSR count). The minimum absolute atomic E-state index is 0.419. The summed E-state index contributed by atoms with van der Waals surface area (Å²) in [5, 5.41) is 0.690. The van der Waals surface area contributed by atoms with E-state index in [1.165, 1.54) is 30.6 Å². The molecule has 0 aromatic carbocycles. The SMILES string of the molecule is C=C(C)CC(NN)C1CCCCS1. The second-order valence-electron chi connectivity index (χ2n) is 3.84. The van der Waals surface area contributed by atoms with E-state index >= 15 is 0 Å². The van der Waals surface area contributed by atoms with Gasteiger partial charge in [0.1, 0.15) is 0 Å². The van der Waals surface area contributed by atoms with Crippen molar-refractivity contribution in [3.63, 3.8) is 0 Å². The summed E-state index contributed by atoms with van der Waals surface area (Å²) in [5.74, 6) is 6.84. The van der Waals surface area contributed by atoms with E-state index in [0.29, 0.717) is 11.3 Å². The summed E-state index contributed by atoms with van der Waals surface area (Å²) < 4.78 is 0. The van der Waals surface area contributed by atoms with Gasteiger partial charge < -0.3 is 0 Å². The third-order valence-electron chi connectivity index (χ3n) is 2.45. The van der Waals surface area contributed by atoms with Gasteiger partial charge in [-0.2, -0.15) is 11.8 Å². The second-order valence-corrected chi connectivity index (χ2v) is 5.19. The fourth-order valence-corrected chi connectivity index (χ4v) is 3.17. The highest BCUT2D eigenvalue weighted by molar-refractivity contribution is 8.00. The van der Waals surface area contributed by atoms with Crippen molar-refractivity contribution < 1.29 is 0 Å². The van der Waals surface area contributed by atoms with Crippen molar-refractivity contribution in [3.8, 4) is 0 Å². The van der Waals surface area contributed by atoms with E-state index in [1.54, 1.807) is 0 Å². The first-order valence-corrected chi connectivity index (χ1v) is 6.01. The number of nitrogens with one attached hydrogen (secondary N) is 1. The molecule has 0 bridgehead atoms. The second kappa shape index (κ2) is 5.68. The molecular formula is C10H20N2S. The lowest BCUT2D eigenvalue weighted by atomic mass is 10.0. The van der Waals surface area contributed by atoms with Gasteiger partial charge in [0.05, 0.1) is 0 Å². The molecule has 76 valence electrons. The van der Waals surface area contributed by atoms with Gasteiger partial charge in [-0.1, -0.05) is 12.0 Å². The molecule has 3 N–H and O–H groups in total. The van der Waals surface area contributed by atoms with Crippen LogP contribution in [-0.4, -0.2) is 17.0 Å². The van der Waals surface area contributed by atoms with E-state index in [-0.39, 0.29) is 0 Å². The molecule has 2 nitrogen and oxygen atoms in total. The van der Waals surface area contributed by atoms with Gasteiger partial charge >= 0.3 is 0 Å². The van der Waals surface area contributed by atoms with Crippen LogP contribution in [0.4, 0.5) is 0 Å². The van der Waals surface area contributed by atoms with E-state index < -0.39 is 0 Å². The van der Waals surface area contributed by atoms with Crippen molar-refractivity contribution in [1.82, 2.24) is 5.43 Å². The Morgan fingerprint density at radius 3 is 2.92 bits per heavy atom. The third-order valence-corrected chi connectivity index (χ3v) is 3.96. The zero-order valence-electron chi connectivity index (χ0n) is 8.38. The number of rotatable bonds is 4. The van der Waals surface area contributed by atoms with Crippen LogP contribution < -0.4 is 11.3 Å². The molecule has 1 saturated heterocycles. The topological polar surface area (TPSA) is 38.0 Å². The molecule has 0 radical (unpaired) electrons. The molecule has 1 aliphatic rings. The summed E-state index contributed by atoms with van der Waals surface area (Å²) in [4.78, 5) is 0. The summed E-state index contributed by atoms with van der Waals surface area (Å²) in [5.41, 5.74) is 4.14. The Labute approximate surface area is 85.3 Å². The van der Waals surface area contributed by atoms with E-state index in [9.17, 15) is 0 Å². The monoisotopic (exact) mass is 200 g/mol. The predicted molar refractivity (Wildman–Crippen MR) is 60.6 cm³/mol. The molecule has 2 unspecified atom stereocenters. The molecule has 0 amide bonds. The first kappa shape index (κ1) is 11.1.